The van der Waals surface area contributed by atoms with E-state index in [0.29, 0.717) is 0 Å². The van der Waals surface area contributed by atoms with Crippen molar-refractivity contribution in [2.45, 2.75) is 27.2 Å². The summed E-state index contributed by atoms with van der Waals surface area (Å²) in [6.45, 7) is 9.28. The van der Waals surface area contributed by atoms with E-state index < -0.39 is 0 Å². The fourth-order valence-corrected chi connectivity index (χ4v) is 2.28. The third kappa shape index (κ3) is 2.58. The molecule has 0 amide bonds. The van der Waals surface area contributed by atoms with Crippen molar-refractivity contribution in [1.82, 2.24) is 9.80 Å². The number of hydrogen-bond acceptors (Lipinski definition) is 3. The van der Waals surface area contributed by atoms with Crippen molar-refractivity contribution in [2.75, 3.05) is 33.8 Å². The molecule has 0 aromatic carbocycles. The highest BCUT2D eigenvalue weighted by molar-refractivity contribution is 5.12. The molecule has 1 unspecified atom stereocenters. The lowest BCUT2D eigenvalue weighted by Crippen LogP contribution is -2.42. The lowest BCUT2D eigenvalue weighted by molar-refractivity contribution is 0.0713. The van der Waals surface area contributed by atoms with Gasteiger partial charge in [0.2, 0.25) is 0 Å². The van der Waals surface area contributed by atoms with Gasteiger partial charge in [0.15, 0.2) is 0 Å². The maximum Gasteiger partial charge on any atom is 0.142 e. The first-order valence-corrected chi connectivity index (χ1v) is 5.96. The number of rotatable bonds is 0. The van der Waals surface area contributed by atoms with Crippen LogP contribution in [0.4, 0.5) is 0 Å². The van der Waals surface area contributed by atoms with Gasteiger partial charge in [-0.25, -0.2) is 0 Å². The van der Waals surface area contributed by atoms with E-state index in [9.17, 15) is 0 Å². The van der Waals surface area contributed by atoms with Gasteiger partial charge in [-0.05, 0) is 5.92 Å². The second-order valence-corrected chi connectivity index (χ2v) is 4.21. The molecule has 0 spiro atoms. The predicted octanol–water partition coefficient (Wildman–Crippen LogP) is 2.12. The van der Waals surface area contributed by atoms with E-state index in [4.69, 9.17) is 4.74 Å². The Morgan fingerprint density at radius 2 is 1.87 bits per heavy atom. The standard InChI is InChI=1S/C10H18N2O.C2H6/c1-8-6-9-10(12(3)7-8)11(2)4-5-13-9;1-2/h8H,4-7H2,1-3H3;1-2H3. The Morgan fingerprint density at radius 3 is 2.53 bits per heavy atom. The van der Waals surface area contributed by atoms with Gasteiger partial charge >= 0.3 is 0 Å². The fraction of sp³-hybridized carbons (Fsp3) is 0.833. The summed E-state index contributed by atoms with van der Waals surface area (Å²) in [6, 6.07) is 0. The monoisotopic (exact) mass is 212 g/mol. The highest BCUT2D eigenvalue weighted by atomic mass is 16.5. The highest BCUT2D eigenvalue weighted by Gasteiger charge is 2.28. The van der Waals surface area contributed by atoms with Gasteiger partial charge < -0.3 is 14.5 Å². The van der Waals surface area contributed by atoms with Crippen molar-refractivity contribution in [3.63, 3.8) is 0 Å². The maximum absolute atomic E-state index is 5.69. The summed E-state index contributed by atoms with van der Waals surface area (Å²) in [5.74, 6) is 3.20. The topological polar surface area (TPSA) is 15.7 Å². The van der Waals surface area contributed by atoms with Gasteiger partial charge in [-0.15, -0.1) is 0 Å². The second-order valence-electron chi connectivity index (χ2n) is 4.21. The molecular formula is C12H24N2O. The van der Waals surface area contributed by atoms with E-state index in [0.717, 1.165) is 32.0 Å². The summed E-state index contributed by atoms with van der Waals surface area (Å²) in [4.78, 5) is 4.60. The lowest BCUT2D eigenvalue weighted by Gasteiger charge is -2.41. The summed E-state index contributed by atoms with van der Waals surface area (Å²) < 4.78 is 5.69. The molecule has 0 radical (unpaired) electrons. The predicted molar refractivity (Wildman–Crippen MR) is 63.4 cm³/mol. The summed E-state index contributed by atoms with van der Waals surface area (Å²) in [7, 11) is 4.29. The zero-order valence-electron chi connectivity index (χ0n) is 10.7. The van der Waals surface area contributed by atoms with Gasteiger partial charge in [0, 0.05) is 27.1 Å². The Morgan fingerprint density at radius 1 is 1.20 bits per heavy atom. The molecule has 3 heteroatoms. The number of ether oxygens (including phenoxy) is 1. The smallest absolute Gasteiger partial charge is 0.142 e. The minimum absolute atomic E-state index is 0.718. The molecule has 2 aliphatic heterocycles. The van der Waals surface area contributed by atoms with Crippen LogP contribution in [0.2, 0.25) is 0 Å². The Bertz CT molecular complexity index is 238. The Balaban J connectivity index is 0.000000531. The zero-order valence-corrected chi connectivity index (χ0v) is 10.7. The fourth-order valence-electron chi connectivity index (χ4n) is 2.28. The van der Waals surface area contributed by atoms with E-state index in [1.807, 2.05) is 13.8 Å². The first-order valence-electron chi connectivity index (χ1n) is 5.96. The van der Waals surface area contributed by atoms with E-state index >= 15 is 0 Å². The van der Waals surface area contributed by atoms with Crippen LogP contribution >= 0.6 is 0 Å². The van der Waals surface area contributed by atoms with Gasteiger partial charge in [-0.1, -0.05) is 20.8 Å². The number of allylic oxidation sites excluding steroid dienone is 1. The van der Waals surface area contributed by atoms with E-state index in [2.05, 4.69) is 30.8 Å². The molecule has 2 aliphatic rings. The molecule has 0 saturated heterocycles. The molecular weight excluding hydrogens is 188 g/mol. The van der Waals surface area contributed by atoms with Crippen LogP contribution in [-0.2, 0) is 4.74 Å². The van der Waals surface area contributed by atoms with Gasteiger partial charge in [-0.3, -0.25) is 0 Å². The third-order valence-electron chi connectivity index (χ3n) is 2.79. The minimum Gasteiger partial charge on any atom is -0.492 e. The molecule has 88 valence electrons. The van der Waals surface area contributed by atoms with Crippen molar-refractivity contribution in [3.05, 3.63) is 11.6 Å². The van der Waals surface area contributed by atoms with Crippen LogP contribution < -0.4 is 0 Å². The van der Waals surface area contributed by atoms with Crippen LogP contribution in [0.25, 0.3) is 0 Å². The minimum atomic E-state index is 0.718. The molecule has 0 fully saturated rings. The molecule has 0 aromatic rings. The van der Waals surface area contributed by atoms with Crippen molar-refractivity contribution >= 4 is 0 Å². The van der Waals surface area contributed by atoms with Crippen LogP contribution in [0.15, 0.2) is 11.6 Å². The Kier molecular flexibility index (Phi) is 4.30. The molecule has 0 aromatic heterocycles. The molecule has 1 atom stereocenters. The summed E-state index contributed by atoms with van der Waals surface area (Å²) in [5, 5.41) is 0. The van der Waals surface area contributed by atoms with Crippen molar-refractivity contribution in [3.8, 4) is 0 Å². The molecule has 0 aliphatic carbocycles. The SMILES string of the molecule is CC.CC1CC2=C(N(C)CCO2)N(C)C1. The van der Waals surface area contributed by atoms with E-state index in [1.165, 1.54) is 11.6 Å². The van der Waals surface area contributed by atoms with Crippen molar-refractivity contribution in [1.29, 1.82) is 0 Å². The van der Waals surface area contributed by atoms with Crippen LogP contribution in [0.3, 0.4) is 0 Å². The van der Waals surface area contributed by atoms with Crippen LogP contribution in [-0.4, -0.2) is 43.6 Å². The number of nitrogens with zero attached hydrogens (tertiary/aromatic N) is 2. The summed E-state index contributed by atoms with van der Waals surface area (Å²) in [5.41, 5.74) is 0. The largest absolute Gasteiger partial charge is 0.492 e. The van der Waals surface area contributed by atoms with Gasteiger partial charge in [0.05, 0.1) is 6.54 Å². The van der Waals surface area contributed by atoms with Gasteiger partial charge in [0.25, 0.3) is 0 Å². The normalized spacial score (nSPS) is 25.3. The quantitative estimate of drug-likeness (QED) is 0.611. The molecule has 0 bridgehead atoms. The average molecular weight is 212 g/mol. The molecule has 3 nitrogen and oxygen atoms in total. The lowest BCUT2D eigenvalue weighted by atomic mass is 10.0. The first kappa shape index (κ1) is 12.2. The molecule has 2 heterocycles. The summed E-state index contributed by atoms with van der Waals surface area (Å²) >= 11 is 0. The highest BCUT2D eigenvalue weighted by Crippen LogP contribution is 2.29. The van der Waals surface area contributed by atoms with E-state index in [1.54, 1.807) is 0 Å². The van der Waals surface area contributed by atoms with Gasteiger partial charge in [0.1, 0.15) is 18.2 Å². The summed E-state index contributed by atoms with van der Waals surface area (Å²) in [6.07, 6.45) is 1.10. The first-order chi connectivity index (χ1) is 7.18. The molecule has 2 rings (SSSR count). The van der Waals surface area contributed by atoms with Crippen LogP contribution in [0, 0.1) is 5.92 Å². The van der Waals surface area contributed by atoms with Crippen molar-refractivity contribution < 1.29 is 4.74 Å². The molecule has 0 N–H and O–H groups in total. The molecule has 15 heavy (non-hydrogen) atoms. The Labute approximate surface area is 93.7 Å². The number of likely N-dealkylation sites (N-methyl/N-ethyl adjacent to an activating group) is 1. The molecule has 0 saturated carbocycles. The van der Waals surface area contributed by atoms with Crippen molar-refractivity contribution in [2.24, 2.45) is 5.92 Å². The van der Waals surface area contributed by atoms with Crippen LogP contribution in [0.1, 0.15) is 27.2 Å². The van der Waals surface area contributed by atoms with E-state index in [-0.39, 0.29) is 0 Å². The third-order valence-corrected chi connectivity index (χ3v) is 2.79. The second kappa shape index (κ2) is 5.29. The zero-order chi connectivity index (χ0) is 11.4. The van der Waals surface area contributed by atoms with Gasteiger partial charge in [-0.2, -0.15) is 0 Å². The number of hydrogen-bond donors (Lipinski definition) is 0. The average Bonchev–Trinajstić information content (AvgIpc) is 2.19. The van der Waals surface area contributed by atoms with Crippen LogP contribution in [0.5, 0.6) is 0 Å². The Hall–Kier alpha value is -0.860. The maximum atomic E-state index is 5.69.